The molecule has 0 aliphatic carbocycles. The maximum Gasteiger partial charge on any atom is 0.338 e. The summed E-state index contributed by atoms with van der Waals surface area (Å²) >= 11 is 13.6. The molecule has 0 saturated carbocycles. The molecule has 0 saturated heterocycles. The zero-order chi connectivity index (χ0) is 27.4. The maximum absolute atomic E-state index is 13.8. The van der Waals surface area contributed by atoms with Gasteiger partial charge in [-0.05, 0) is 68.7 Å². The Hall–Kier alpha value is -2.87. The zero-order valence-electron chi connectivity index (χ0n) is 21.8. The number of rotatable bonds is 9. The number of benzene rings is 2. The SMILES string of the molecule is CCCCCOc1ccc(C2C(C(=O)OC(C)C)=C(C)N=c3s/c(=C\c4ccc(Cl)cc4Cl)c(=O)n32)cc1. The molecule has 1 aliphatic heterocycles. The Morgan fingerprint density at radius 3 is 2.55 bits per heavy atom. The molecule has 0 radical (unpaired) electrons. The van der Waals surface area contributed by atoms with Crippen molar-refractivity contribution in [3.63, 3.8) is 0 Å². The lowest BCUT2D eigenvalue weighted by molar-refractivity contribution is -0.143. The third-order valence-corrected chi connectivity index (χ3v) is 7.59. The summed E-state index contributed by atoms with van der Waals surface area (Å²) in [6, 6.07) is 11.9. The van der Waals surface area contributed by atoms with E-state index in [4.69, 9.17) is 32.7 Å². The summed E-state index contributed by atoms with van der Waals surface area (Å²) in [6.45, 7) is 8.14. The number of halogens is 2. The minimum absolute atomic E-state index is 0.271. The molecule has 1 unspecified atom stereocenters. The minimum atomic E-state index is -0.700. The van der Waals surface area contributed by atoms with E-state index in [9.17, 15) is 9.59 Å². The molecule has 1 aliphatic rings. The Kier molecular flexibility index (Phi) is 9.13. The third-order valence-electron chi connectivity index (χ3n) is 6.05. The fourth-order valence-corrected chi connectivity index (χ4v) is 5.72. The van der Waals surface area contributed by atoms with E-state index < -0.39 is 12.0 Å². The number of ether oxygens (including phenoxy) is 2. The lowest BCUT2D eigenvalue weighted by atomic mass is 9.96. The third kappa shape index (κ3) is 6.22. The van der Waals surface area contributed by atoms with Crippen LogP contribution in [0.1, 0.15) is 64.1 Å². The molecule has 2 aromatic carbocycles. The van der Waals surface area contributed by atoms with Crippen LogP contribution in [0.4, 0.5) is 0 Å². The van der Waals surface area contributed by atoms with Gasteiger partial charge in [-0.15, -0.1) is 0 Å². The Labute approximate surface area is 235 Å². The van der Waals surface area contributed by atoms with Crippen molar-refractivity contribution in [3.8, 4) is 5.75 Å². The second kappa shape index (κ2) is 12.3. The van der Waals surface area contributed by atoms with Crippen LogP contribution in [0.15, 0.2) is 63.5 Å². The summed E-state index contributed by atoms with van der Waals surface area (Å²) in [7, 11) is 0. The average molecular weight is 574 g/mol. The van der Waals surface area contributed by atoms with Crippen LogP contribution < -0.4 is 19.6 Å². The molecule has 9 heteroatoms. The van der Waals surface area contributed by atoms with Crippen molar-refractivity contribution in [2.24, 2.45) is 4.99 Å². The summed E-state index contributed by atoms with van der Waals surface area (Å²) in [5, 5.41) is 0.946. The number of hydrogen-bond donors (Lipinski definition) is 0. The number of aromatic nitrogens is 1. The fraction of sp³-hybridized carbons (Fsp3) is 0.345. The number of nitrogens with zero attached hydrogens (tertiary/aromatic N) is 2. The van der Waals surface area contributed by atoms with Crippen molar-refractivity contribution in [1.82, 2.24) is 4.57 Å². The van der Waals surface area contributed by atoms with Gasteiger partial charge in [0.2, 0.25) is 0 Å². The van der Waals surface area contributed by atoms with Crippen molar-refractivity contribution in [2.75, 3.05) is 6.61 Å². The molecule has 200 valence electrons. The number of fused-ring (bicyclic) bond motifs is 1. The number of carbonyl (C=O) groups excluding carboxylic acids is 1. The Morgan fingerprint density at radius 2 is 1.89 bits per heavy atom. The molecular weight excluding hydrogens is 543 g/mol. The second-order valence-corrected chi connectivity index (χ2v) is 11.2. The van der Waals surface area contributed by atoms with Crippen molar-refractivity contribution >= 4 is 46.6 Å². The topological polar surface area (TPSA) is 69.9 Å². The van der Waals surface area contributed by atoms with Crippen LogP contribution in [-0.2, 0) is 9.53 Å². The smallest absolute Gasteiger partial charge is 0.338 e. The van der Waals surface area contributed by atoms with Crippen LogP contribution in [0.3, 0.4) is 0 Å². The summed E-state index contributed by atoms with van der Waals surface area (Å²) in [5.74, 6) is 0.239. The largest absolute Gasteiger partial charge is 0.494 e. The Balaban J connectivity index is 1.81. The van der Waals surface area contributed by atoms with Crippen LogP contribution >= 0.6 is 34.5 Å². The number of hydrogen-bond acceptors (Lipinski definition) is 6. The lowest BCUT2D eigenvalue weighted by Crippen LogP contribution is -2.40. The predicted molar refractivity (Wildman–Crippen MR) is 153 cm³/mol. The first-order valence-electron chi connectivity index (χ1n) is 12.6. The van der Waals surface area contributed by atoms with E-state index in [0.717, 1.165) is 30.6 Å². The summed E-state index contributed by atoms with van der Waals surface area (Å²) in [6.07, 6.45) is 4.62. The molecule has 3 aromatic rings. The predicted octanol–water partition coefficient (Wildman–Crippen LogP) is 6.06. The molecule has 2 heterocycles. The van der Waals surface area contributed by atoms with E-state index in [1.807, 2.05) is 24.3 Å². The molecule has 4 rings (SSSR count). The zero-order valence-corrected chi connectivity index (χ0v) is 24.1. The van der Waals surface area contributed by atoms with Gasteiger partial charge in [0.1, 0.15) is 5.75 Å². The van der Waals surface area contributed by atoms with E-state index in [-0.39, 0.29) is 11.7 Å². The molecule has 0 N–H and O–H groups in total. The molecule has 0 fully saturated rings. The van der Waals surface area contributed by atoms with Gasteiger partial charge in [0.05, 0.1) is 34.6 Å². The van der Waals surface area contributed by atoms with Crippen LogP contribution in [0, 0.1) is 0 Å². The van der Waals surface area contributed by atoms with E-state index in [2.05, 4.69) is 11.9 Å². The highest BCUT2D eigenvalue weighted by molar-refractivity contribution is 7.07. The first kappa shape index (κ1) is 28.1. The highest BCUT2D eigenvalue weighted by Gasteiger charge is 2.33. The van der Waals surface area contributed by atoms with E-state index in [1.165, 1.54) is 11.3 Å². The summed E-state index contributed by atoms with van der Waals surface area (Å²) < 4.78 is 13.4. The lowest BCUT2D eigenvalue weighted by Gasteiger charge is -2.25. The molecule has 0 amide bonds. The Bertz CT molecular complexity index is 1540. The van der Waals surface area contributed by atoms with Crippen molar-refractivity contribution < 1.29 is 14.3 Å². The van der Waals surface area contributed by atoms with Gasteiger partial charge in [-0.2, -0.15) is 0 Å². The summed E-state index contributed by atoms with van der Waals surface area (Å²) in [4.78, 5) is 32.1. The van der Waals surface area contributed by atoms with Crippen molar-refractivity contribution in [3.05, 3.63) is 94.6 Å². The number of esters is 1. The summed E-state index contributed by atoms with van der Waals surface area (Å²) in [5.41, 5.74) is 1.99. The molecule has 0 spiro atoms. The maximum atomic E-state index is 13.8. The monoisotopic (exact) mass is 572 g/mol. The average Bonchev–Trinajstić information content (AvgIpc) is 3.17. The highest BCUT2D eigenvalue weighted by Crippen LogP contribution is 2.32. The van der Waals surface area contributed by atoms with Gasteiger partial charge < -0.3 is 9.47 Å². The number of thiazole rings is 1. The van der Waals surface area contributed by atoms with Gasteiger partial charge in [-0.1, -0.05) is 72.5 Å². The highest BCUT2D eigenvalue weighted by atomic mass is 35.5. The number of carbonyl (C=O) groups is 1. The van der Waals surface area contributed by atoms with Gasteiger partial charge in [0, 0.05) is 10.0 Å². The quantitative estimate of drug-likeness (QED) is 0.231. The normalized spacial score (nSPS) is 15.4. The molecule has 38 heavy (non-hydrogen) atoms. The molecular formula is C29H30Cl2N2O4S. The van der Waals surface area contributed by atoms with E-state index >= 15 is 0 Å². The number of unbranched alkanes of at least 4 members (excludes halogenated alkanes) is 2. The van der Waals surface area contributed by atoms with Crippen molar-refractivity contribution in [1.29, 1.82) is 0 Å². The van der Waals surface area contributed by atoms with Crippen LogP contribution in [0.2, 0.25) is 10.0 Å². The standard InChI is InChI=1S/C29H30Cl2N2O4S/c1-5-6-7-14-36-22-12-9-19(10-13-22)26-25(28(35)37-17(2)3)18(4)32-29-33(26)27(34)24(38-29)15-20-8-11-21(30)16-23(20)31/h8-13,15-17,26H,5-7,14H2,1-4H3/b24-15-. The molecule has 0 bridgehead atoms. The molecule has 1 aromatic heterocycles. The van der Waals surface area contributed by atoms with Crippen LogP contribution in [-0.4, -0.2) is 23.2 Å². The number of allylic oxidation sites excluding steroid dienone is 1. The van der Waals surface area contributed by atoms with E-state index in [1.54, 1.807) is 49.6 Å². The van der Waals surface area contributed by atoms with Crippen molar-refractivity contribution in [2.45, 2.75) is 59.1 Å². The van der Waals surface area contributed by atoms with Gasteiger partial charge in [-0.3, -0.25) is 9.36 Å². The van der Waals surface area contributed by atoms with Gasteiger partial charge in [-0.25, -0.2) is 9.79 Å². The van der Waals surface area contributed by atoms with E-state index in [0.29, 0.717) is 42.8 Å². The molecule has 6 nitrogen and oxygen atoms in total. The Morgan fingerprint density at radius 1 is 1.16 bits per heavy atom. The first-order valence-corrected chi connectivity index (χ1v) is 14.2. The molecule has 1 atom stereocenters. The second-order valence-electron chi connectivity index (χ2n) is 9.33. The minimum Gasteiger partial charge on any atom is -0.494 e. The van der Waals surface area contributed by atoms with Gasteiger partial charge >= 0.3 is 5.97 Å². The fourth-order valence-electron chi connectivity index (χ4n) is 4.22. The van der Waals surface area contributed by atoms with Crippen LogP contribution in [0.25, 0.3) is 6.08 Å². The first-order chi connectivity index (χ1) is 18.2. The van der Waals surface area contributed by atoms with Gasteiger partial charge in [0.15, 0.2) is 4.80 Å². The van der Waals surface area contributed by atoms with Gasteiger partial charge in [0.25, 0.3) is 5.56 Å². The van der Waals surface area contributed by atoms with Crippen LogP contribution in [0.5, 0.6) is 5.75 Å².